The highest BCUT2D eigenvalue weighted by Gasteiger charge is 2.47. The molecule has 0 spiro atoms. The summed E-state index contributed by atoms with van der Waals surface area (Å²) in [5, 5.41) is 11.2. The average molecular weight is 443 g/mol. The number of benzene rings is 2. The molecular formula is C27H26N2O4. The molecule has 0 bridgehead atoms. The number of rotatable bonds is 5. The van der Waals surface area contributed by atoms with E-state index in [0.29, 0.717) is 22.6 Å². The Hall–Kier alpha value is -3.93. The van der Waals surface area contributed by atoms with Gasteiger partial charge in [-0.1, -0.05) is 17.7 Å². The zero-order valence-electron chi connectivity index (χ0n) is 19.1. The predicted molar refractivity (Wildman–Crippen MR) is 127 cm³/mol. The summed E-state index contributed by atoms with van der Waals surface area (Å²) >= 11 is 0. The second-order valence-electron chi connectivity index (χ2n) is 8.43. The number of Topliss-reactive ketones (excluding diaryl/α,β-unsaturated/α-hetero) is 1. The van der Waals surface area contributed by atoms with Gasteiger partial charge in [-0.3, -0.25) is 19.5 Å². The molecule has 3 aromatic rings. The van der Waals surface area contributed by atoms with Crippen LogP contribution < -0.4 is 9.64 Å². The van der Waals surface area contributed by atoms with Gasteiger partial charge in [-0.05, 0) is 81.3 Å². The molecule has 1 fully saturated rings. The van der Waals surface area contributed by atoms with Crippen molar-refractivity contribution in [3.05, 3.63) is 94.8 Å². The number of amides is 1. The number of aliphatic hydroxyl groups is 1. The Morgan fingerprint density at radius 3 is 2.27 bits per heavy atom. The lowest BCUT2D eigenvalue weighted by Gasteiger charge is -2.27. The van der Waals surface area contributed by atoms with E-state index < -0.39 is 17.7 Å². The van der Waals surface area contributed by atoms with Crippen molar-refractivity contribution < 1.29 is 19.4 Å². The molecule has 33 heavy (non-hydrogen) atoms. The molecule has 1 unspecified atom stereocenters. The normalized spacial score (nSPS) is 17.6. The maximum absolute atomic E-state index is 13.2. The number of hydrogen-bond acceptors (Lipinski definition) is 5. The molecule has 6 nitrogen and oxygen atoms in total. The maximum atomic E-state index is 13.2. The van der Waals surface area contributed by atoms with Crippen LogP contribution >= 0.6 is 0 Å². The molecule has 1 aliphatic heterocycles. The summed E-state index contributed by atoms with van der Waals surface area (Å²) in [4.78, 5) is 32.0. The molecule has 0 saturated carbocycles. The van der Waals surface area contributed by atoms with Crippen molar-refractivity contribution in [1.29, 1.82) is 0 Å². The van der Waals surface area contributed by atoms with Crippen LogP contribution in [-0.2, 0) is 9.59 Å². The monoisotopic (exact) mass is 442 g/mol. The van der Waals surface area contributed by atoms with Crippen LogP contribution in [0.2, 0.25) is 0 Å². The molecule has 1 amide bonds. The molecular weight excluding hydrogens is 416 g/mol. The summed E-state index contributed by atoms with van der Waals surface area (Å²) in [6.07, 6.45) is 3.23. The number of aliphatic hydroxyl groups excluding tert-OH is 1. The SMILES string of the molecule is Cc1ccc(N2C(=O)C(=O)/C(=C(/O)c3ccc(OC(C)C)cc3)C2c2ccncc2)c(C)c1. The number of hydrogen-bond donors (Lipinski definition) is 1. The number of ether oxygens (including phenoxy) is 1. The first-order valence-electron chi connectivity index (χ1n) is 10.8. The van der Waals surface area contributed by atoms with Gasteiger partial charge < -0.3 is 9.84 Å². The lowest BCUT2D eigenvalue weighted by molar-refractivity contribution is -0.132. The molecule has 1 aromatic heterocycles. The minimum atomic E-state index is -0.777. The van der Waals surface area contributed by atoms with Crippen molar-refractivity contribution in [3.8, 4) is 5.75 Å². The number of carbonyl (C=O) groups is 2. The fourth-order valence-electron chi connectivity index (χ4n) is 4.14. The van der Waals surface area contributed by atoms with Crippen molar-refractivity contribution >= 4 is 23.1 Å². The van der Waals surface area contributed by atoms with E-state index in [2.05, 4.69) is 4.98 Å². The van der Waals surface area contributed by atoms with Crippen LogP contribution in [0.1, 0.15) is 42.1 Å². The molecule has 2 aromatic carbocycles. The highest BCUT2D eigenvalue weighted by molar-refractivity contribution is 6.51. The van der Waals surface area contributed by atoms with Crippen molar-refractivity contribution in [2.75, 3.05) is 4.90 Å². The number of nitrogens with zero attached hydrogens (tertiary/aromatic N) is 2. The van der Waals surface area contributed by atoms with E-state index in [1.807, 2.05) is 45.9 Å². The fraction of sp³-hybridized carbons (Fsp3) is 0.222. The van der Waals surface area contributed by atoms with Crippen LogP contribution in [0.3, 0.4) is 0 Å². The number of carbonyl (C=O) groups excluding carboxylic acids is 2. The molecule has 1 saturated heterocycles. The number of pyridine rings is 1. The van der Waals surface area contributed by atoms with Gasteiger partial charge in [0.1, 0.15) is 11.5 Å². The molecule has 6 heteroatoms. The van der Waals surface area contributed by atoms with E-state index in [4.69, 9.17) is 4.74 Å². The lowest BCUT2D eigenvalue weighted by Crippen LogP contribution is -2.30. The van der Waals surface area contributed by atoms with E-state index >= 15 is 0 Å². The Labute approximate surface area is 193 Å². The van der Waals surface area contributed by atoms with Crippen LogP contribution in [0.15, 0.2) is 72.6 Å². The van der Waals surface area contributed by atoms with Crippen LogP contribution in [-0.4, -0.2) is 27.9 Å². The van der Waals surface area contributed by atoms with Gasteiger partial charge >= 0.3 is 0 Å². The summed E-state index contributed by atoms with van der Waals surface area (Å²) in [7, 11) is 0. The largest absolute Gasteiger partial charge is 0.507 e. The van der Waals surface area contributed by atoms with Crippen LogP contribution in [0.5, 0.6) is 5.75 Å². The molecule has 1 aliphatic rings. The number of anilines is 1. The average Bonchev–Trinajstić information content (AvgIpc) is 3.05. The van der Waals surface area contributed by atoms with Crippen LogP contribution in [0, 0.1) is 13.8 Å². The van der Waals surface area contributed by atoms with E-state index in [1.165, 1.54) is 4.90 Å². The fourth-order valence-corrected chi connectivity index (χ4v) is 4.14. The van der Waals surface area contributed by atoms with Crippen molar-refractivity contribution in [2.24, 2.45) is 0 Å². The van der Waals surface area contributed by atoms with Crippen LogP contribution in [0.4, 0.5) is 5.69 Å². The first kappa shape index (κ1) is 22.3. The Balaban J connectivity index is 1.87. The second kappa shape index (κ2) is 8.90. The highest BCUT2D eigenvalue weighted by Crippen LogP contribution is 2.43. The number of ketones is 1. The first-order valence-corrected chi connectivity index (χ1v) is 10.8. The zero-order valence-corrected chi connectivity index (χ0v) is 19.1. The van der Waals surface area contributed by atoms with E-state index in [9.17, 15) is 14.7 Å². The van der Waals surface area contributed by atoms with Crippen molar-refractivity contribution in [1.82, 2.24) is 4.98 Å². The third-order valence-corrected chi connectivity index (χ3v) is 5.58. The Morgan fingerprint density at radius 2 is 1.67 bits per heavy atom. The maximum Gasteiger partial charge on any atom is 0.300 e. The Morgan fingerprint density at radius 1 is 1.00 bits per heavy atom. The lowest BCUT2D eigenvalue weighted by atomic mass is 9.95. The van der Waals surface area contributed by atoms with Gasteiger partial charge in [0, 0.05) is 23.6 Å². The van der Waals surface area contributed by atoms with Gasteiger partial charge in [0.25, 0.3) is 11.7 Å². The third-order valence-electron chi connectivity index (χ3n) is 5.58. The quantitative estimate of drug-likeness (QED) is 0.337. The summed E-state index contributed by atoms with van der Waals surface area (Å²) in [5.74, 6) is -0.969. The summed E-state index contributed by atoms with van der Waals surface area (Å²) in [6, 6.07) is 15.3. The minimum absolute atomic E-state index is 0.0132. The standard InChI is InChI=1S/C27H26N2O4/c1-16(2)33-21-8-6-20(7-9-21)25(30)23-24(19-11-13-28-14-12-19)29(27(32)26(23)31)22-10-5-17(3)15-18(22)4/h5-16,24,30H,1-4H3/b25-23+. The molecule has 4 rings (SSSR count). The van der Waals surface area contributed by atoms with Gasteiger partial charge in [0.05, 0.1) is 17.7 Å². The molecule has 2 heterocycles. The summed E-state index contributed by atoms with van der Waals surface area (Å²) in [5.41, 5.74) is 3.71. The molecule has 1 N–H and O–H groups in total. The Kier molecular flexibility index (Phi) is 6.01. The van der Waals surface area contributed by atoms with Gasteiger partial charge in [0.15, 0.2) is 0 Å². The first-order chi connectivity index (χ1) is 15.8. The Bertz CT molecular complexity index is 1230. The molecule has 0 radical (unpaired) electrons. The van der Waals surface area contributed by atoms with E-state index in [0.717, 1.165) is 11.1 Å². The van der Waals surface area contributed by atoms with Gasteiger partial charge in [0.2, 0.25) is 0 Å². The topological polar surface area (TPSA) is 79.7 Å². The predicted octanol–water partition coefficient (Wildman–Crippen LogP) is 5.11. The number of aromatic nitrogens is 1. The van der Waals surface area contributed by atoms with Crippen LogP contribution in [0.25, 0.3) is 5.76 Å². The minimum Gasteiger partial charge on any atom is -0.507 e. The van der Waals surface area contributed by atoms with E-state index in [-0.39, 0.29) is 17.4 Å². The van der Waals surface area contributed by atoms with Gasteiger partial charge in [-0.25, -0.2) is 0 Å². The second-order valence-corrected chi connectivity index (χ2v) is 8.43. The molecule has 168 valence electrons. The molecule has 1 atom stereocenters. The van der Waals surface area contributed by atoms with Crippen molar-refractivity contribution in [2.45, 2.75) is 39.8 Å². The van der Waals surface area contributed by atoms with Crippen molar-refractivity contribution in [3.63, 3.8) is 0 Å². The molecule has 0 aliphatic carbocycles. The third kappa shape index (κ3) is 4.24. The van der Waals surface area contributed by atoms with Gasteiger partial charge in [-0.2, -0.15) is 0 Å². The zero-order chi connectivity index (χ0) is 23.7. The number of aryl methyl sites for hydroxylation is 2. The summed E-state index contributed by atoms with van der Waals surface area (Å²) < 4.78 is 5.67. The van der Waals surface area contributed by atoms with E-state index in [1.54, 1.807) is 48.8 Å². The summed E-state index contributed by atoms with van der Waals surface area (Å²) in [6.45, 7) is 7.73. The highest BCUT2D eigenvalue weighted by atomic mass is 16.5. The van der Waals surface area contributed by atoms with Gasteiger partial charge in [-0.15, -0.1) is 0 Å². The smallest absolute Gasteiger partial charge is 0.300 e.